The fourth-order valence-corrected chi connectivity index (χ4v) is 1.66. The lowest BCUT2D eigenvalue weighted by Crippen LogP contribution is -2.17. The predicted molar refractivity (Wildman–Crippen MR) is 69.4 cm³/mol. The van der Waals surface area contributed by atoms with Gasteiger partial charge in [0.05, 0.1) is 11.0 Å². The van der Waals surface area contributed by atoms with Crippen molar-refractivity contribution in [1.82, 2.24) is 0 Å². The number of hydrogen-bond donors (Lipinski definition) is 3. The third-order valence-corrected chi connectivity index (χ3v) is 2.51. The van der Waals surface area contributed by atoms with Crippen LogP contribution in [0.25, 0.3) is 0 Å². The number of hydrogen-bond acceptors (Lipinski definition) is 5. The molecular weight excluding hydrogens is 268 g/mol. The van der Waals surface area contributed by atoms with Gasteiger partial charge in [0.15, 0.2) is 0 Å². The number of carboxylic acids is 1. The number of nitrogens with zero attached hydrogens (tertiary/aromatic N) is 1. The van der Waals surface area contributed by atoms with Crippen LogP contribution in [0.1, 0.15) is 19.8 Å². The third kappa shape index (κ3) is 4.56. The Kier molecular flexibility index (Phi) is 5.01. The third-order valence-electron chi connectivity index (χ3n) is 2.51. The molecule has 0 heterocycles. The van der Waals surface area contributed by atoms with E-state index in [0.29, 0.717) is 0 Å². The number of aliphatic carboxylic acids is 1. The lowest BCUT2D eigenvalue weighted by molar-refractivity contribution is -0.384. The first-order valence-electron chi connectivity index (χ1n) is 5.78. The fraction of sp³-hybridized carbons (Fsp3) is 0.333. The van der Waals surface area contributed by atoms with Crippen LogP contribution < -0.4 is 5.32 Å². The van der Waals surface area contributed by atoms with Gasteiger partial charge in [-0.05, 0) is 18.1 Å². The number of nitrogens with one attached hydrogen (secondary N) is 1. The SMILES string of the molecule is CC(CC(=O)O)CC(=O)Nc1ccc(O)cc1[N+](=O)[O-]. The highest BCUT2D eigenvalue weighted by atomic mass is 16.6. The molecule has 1 amide bonds. The van der Waals surface area contributed by atoms with Crippen LogP contribution in [0, 0.1) is 16.0 Å². The van der Waals surface area contributed by atoms with Crippen LogP contribution in [0.2, 0.25) is 0 Å². The molecule has 1 rings (SSSR count). The number of anilines is 1. The number of carbonyl (C=O) groups is 2. The maximum Gasteiger partial charge on any atom is 0.303 e. The second kappa shape index (κ2) is 6.50. The number of nitro groups is 1. The van der Waals surface area contributed by atoms with E-state index in [2.05, 4.69) is 5.32 Å². The number of nitro benzene ring substituents is 1. The van der Waals surface area contributed by atoms with Gasteiger partial charge >= 0.3 is 5.97 Å². The molecule has 0 saturated carbocycles. The summed E-state index contributed by atoms with van der Waals surface area (Å²) in [5.41, 5.74) is -0.468. The van der Waals surface area contributed by atoms with Crippen molar-refractivity contribution >= 4 is 23.3 Å². The highest BCUT2D eigenvalue weighted by Crippen LogP contribution is 2.28. The minimum Gasteiger partial charge on any atom is -0.508 e. The van der Waals surface area contributed by atoms with Crippen molar-refractivity contribution < 1.29 is 24.7 Å². The lowest BCUT2D eigenvalue weighted by atomic mass is 10.0. The molecule has 0 radical (unpaired) electrons. The molecular formula is C12H14N2O6. The minimum absolute atomic E-state index is 0.0414. The molecule has 1 atom stereocenters. The normalized spacial score (nSPS) is 11.7. The first-order valence-corrected chi connectivity index (χ1v) is 5.78. The minimum atomic E-state index is -1.01. The standard InChI is InChI=1S/C12H14N2O6/c1-7(5-12(17)18)4-11(16)13-9-3-2-8(15)6-10(9)14(19)20/h2-3,6-7,15H,4-5H2,1H3,(H,13,16)(H,17,18). The van der Waals surface area contributed by atoms with Gasteiger partial charge in [0, 0.05) is 12.8 Å². The van der Waals surface area contributed by atoms with Gasteiger partial charge in [-0.3, -0.25) is 19.7 Å². The van der Waals surface area contributed by atoms with E-state index in [1.807, 2.05) is 0 Å². The van der Waals surface area contributed by atoms with E-state index in [1.54, 1.807) is 6.92 Å². The van der Waals surface area contributed by atoms with Crippen molar-refractivity contribution in [3.8, 4) is 5.75 Å². The van der Waals surface area contributed by atoms with Crippen LogP contribution in [0.15, 0.2) is 18.2 Å². The van der Waals surface area contributed by atoms with Gasteiger partial charge in [0.2, 0.25) is 5.91 Å². The number of rotatable bonds is 6. The molecule has 108 valence electrons. The van der Waals surface area contributed by atoms with Gasteiger partial charge < -0.3 is 15.5 Å². The average molecular weight is 282 g/mol. The van der Waals surface area contributed by atoms with Gasteiger partial charge in [0.1, 0.15) is 11.4 Å². The highest BCUT2D eigenvalue weighted by Gasteiger charge is 2.18. The molecule has 0 bridgehead atoms. The Morgan fingerprint density at radius 2 is 2.05 bits per heavy atom. The van der Waals surface area contributed by atoms with Crippen LogP contribution >= 0.6 is 0 Å². The van der Waals surface area contributed by atoms with Crippen LogP contribution in [-0.4, -0.2) is 27.0 Å². The van der Waals surface area contributed by atoms with Crippen molar-refractivity contribution in [2.75, 3.05) is 5.32 Å². The Morgan fingerprint density at radius 1 is 1.40 bits per heavy atom. The summed E-state index contributed by atoms with van der Waals surface area (Å²) >= 11 is 0. The van der Waals surface area contributed by atoms with Crippen molar-refractivity contribution in [3.05, 3.63) is 28.3 Å². The molecule has 0 aromatic heterocycles. The van der Waals surface area contributed by atoms with E-state index in [-0.39, 0.29) is 30.2 Å². The summed E-state index contributed by atoms with van der Waals surface area (Å²) in [6.45, 7) is 1.60. The summed E-state index contributed by atoms with van der Waals surface area (Å²) < 4.78 is 0. The number of aromatic hydroxyl groups is 1. The summed E-state index contributed by atoms with van der Waals surface area (Å²) in [6.07, 6.45) is -0.227. The molecule has 1 aromatic rings. The van der Waals surface area contributed by atoms with E-state index in [4.69, 9.17) is 5.11 Å². The molecule has 0 aliphatic carbocycles. The first kappa shape index (κ1) is 15.4. The smallest absolute Gasteiger partial charge is 0.303 e. The molecule has 20 heavy (non-hydrogen) atoms. The van der Waals surface area contributed by atoms with Gasteiger partial charge in [0.25, 0.3) is 5.69 Å². The van der Waals surface area contributed by atoms with Gasteiger partial charge in [-0.25, -0.2) is 0 Å². The van der Waals surface area contributed by atoms with Crippen LogP contribution in [0.4, 0.5) is 11.4 Å². The van der Waals surface area contributed by atoms with E-state index < -0.39 is 22.5 Å². The Bertz CT molecular complexity index is 543. The first-order chi connectivity index (χ1) is 9.29. The second-order valence-electron chi connectivity index (χ2n) is 4.41. The monoisotopic (exact) mass is 282 g/mol. The zero-order valence-corrected chi connectivity index (χ0v) is 10.7. The summed E-state index contributed by atoms with van der Waals surface area (Å²) in [5, 5.41) is 30.9. The Hall–Kier alpha value is -2.64. The maximum atomic E-state index is 11.7. The molecule has 1 unspecified atom stereocenters. The number of phenolic OH excluding ortho intramolecular Hbond substituents is 1. The Balaban J connectivity index is 2.76. The quantitative estimate of drug-likeness (QED) is 0.414. The predicted octanol–water partition coefficient (Wildman–Crippen LogP) is 1.74. The molecule has 0 spiro atoms. The van der Waals surface area contributed by atoms with Crippen molar-refractivity contribution in [2.24, 2.45) is 5.92 Å². The number of benzene rings is 1. The van der Waals surface area contributed by atoms with Gasteiger partial charge in [-0.2, -0.15) is 0 Å². The summed E-state index contributed by atoms with van der Waals surface area (Å²) in [5.74, 6) is -2.20. The molecule has 0 aliphatic heterocycles. The van der Waals surface area contributed by atoms with Crippen LogP contribution in [-0.2, 0) is 9.59 Å². The molecule has 3 N–H and O–H groups in total. The largest absolute Gasteiger partial charge is 0.508 e. The number of carboxylic acid groups (broad SMARTS) is 1. The van der Waals surface area contributed by atoms with Crippen LogP contribution in [0.3, 0.4) is 0 Å². The van der Waals surface area contributed by atoms with Crippen molar-refractivity contribution in [3.63, 3.8) is 0 Å². The number of phenols is 1. The van der Waals surface area contributed by atoms with Gasteiger partial charge in [-0.1, -0.05) is 6.92 Å². The van der Waals surface area contributed by atoms with Crippen molar-refractivity contribution in [1.29, 1.82) is 0 Å². The Labute approximate surface area is 114 Å². The Morgan fingerprint density at radius 3 is 2.60 bits per heavy atom. The lowest BCUT2D eigenvalue weighted by Gasteiger charge is -2.09. The fourth-order valence-electron chi connectivity index (χ4n) is 1.66. The number of carbonyl (C=O) groups excluding carboxylic acids is 1. The zero-order chi connectivity index (χ0) is 15.3. The summed E-state index contributed by atoms with van der Waals surface area (Å²) in [4.78, 5) is 32.2. The van der Waals surface area contributed by atoms with E-state index >= 15 is 0 Å². The molecule has 1 aromatic carbocycles. The highest BCUT2D eigenvalue weighted by molar-refractivity contribution is 5.93. The molecule has 8 heteroatoms. The van der Waals surface area contributed by atoms with Crippen molar-refractivity contribution in [2.45, 2.75) is 19.8 Å². The van der Waals surface area contributed by atoms with E-state index in [0.717, 1.165) is 6.07 Å². The topological polar surface area (TPSA) is 130 Å². The summed E-state index contributed by atoms with van der Waals surface area (Å²) in [7, 11) is 0. The molecule has 0 saturated heterocycles. The van der Waals surface area contributed by atoms with E-state index in [9.17, 15) is 24.8 Å². The average Bonchev–Trinajstić information content (AvgIpc) is 2.29. The molecule has 8 nitrogen and oxygen atoms in total. The van der Waals surface area contributed by atoms with Gasteiger partial charge in [-0.15, -0.1) is 0 Å². The van der Waals surface area contributed by atoms with Crippen LogP contribution in [0.5, 0.6) is 5.75 Å². The zero-order valence-electron chi connectivity index (χ0n) is 10.7. The second-order valence-corrected chi connectivity index (χ2v) is 4.41. The van der Waals surface area contributed by atoms with E-state index in [1.165, 1.54) is 12.1 Å². The maximum absolute atomic E-state index is 11.7. The number of amides is 1. The molecule has 0 fully saturated rings. The molecule has 0 aliphatic rings. The summed E-state index contributed by atoms with van der Waals surface area (Å²) in [6, 6.07) is 3.35.